The fourth-order valence-electron chi connectivity index (χ4n) is 2.92. The Bertz CT molecular complexity index is 640. The molecule has 1 amide bonds. The highest BCUT2D eigenvalue weighted by Crippen LogP contribution is 2.19. The van der Waals surface area contributed by atoms with Gasteiger partial charge in [-0.15, -0.1) is 11.3 Å². The summed E-state index contributed by atoms with van der Waals surface area (Å²) in [6, 6.07) is 10.7. The molecule has 5 heteroatoms. The Hall–Kier alpha value is -1.72. The van der Waals surface area contributed by atoms with Gasteiger partial charge in [-0.05, 0) is 19.4 Å². The van der Waals surface area contributed by atoms with Gasteiger partial charge in [0.05, 0.1) is 11.2 Å². The van der Waals surface area contributed by atoms with Gasteiger partial charge < -0.3 is 4.90 Å². The molecule has 116 valence electrons. The van der Waals surface area contributed by atoms with Gasteiger partial charge in [-0.1, -0.05) is 30.3 Å². The first-order valence-electron chi connectivity index (χ1n) is 7.63. The third kappa shape index (κ3) is 3.36. The Labute approximate surface area is 135 Å². The maximum absolute atomic E-state index is 12.6. The van der Waals surface area contributed by atoms with Crippen LogP contribution in [0.15, 0.2) is 36.5 Å². The molecule has 2 aromatic rings. The predicted molar refractivity (Wildman–Crippen MR) is 89.1 cm³/mol. The van der Waals surface area contributed by atoms with Crippen LogP contribution in [-0.2, 0) is 6.54 Å². The molecule has 1 fully saturated rings. The third-order valence-electron chi connectivity index (χ3n) is 4.05. The van der Waals surface area contributed by atoms with E-state index in [4.69, 9.17) is 0 Å². The number of aromatic nitrogens is 1. The standard InChI is InChI=1S/C17H21N3OS/c1-13-11-19(12-15-6-4-3-5-7-15)8-9-20(13)17(21)16-10-18-14(2)22-16/h3-7,10,13H,8-9,11-12H2,1-2H3. The van der Waals surface area contributed by atoms with Gasteiger partial charge in [-0.25, -0.2) is 4.98 Å². The lowest BCUT2D eigenvalue weighted by atomic mass is 10.1. The minimum Gasteiger partial charge on any atom is -0.333 e. The molecular formula is C17H21N3OS. The van der Waals surface area contributed by atoms with Crippen molar-refractivity contribution in [2.45, 2.75) is 26.4 Å². The lowest BCUT2D eigenvalue weighted by Crippen LogP contribution is -2.53. The van der Waals surface area contributed by atoms with Crippen molar-refractivity contribution in [3.05, 3.63) is 52.0 Å². The molecule has 1 unspecified atom stereocenters. The van der Waals surface area contributed by atoms with E-state index in [0.717, 1.165) is 36.1 Å². The Morgan fingerprint density at radius 3 is 2.73 bits per heavy atom. The molecule has 22 heavy (non-hydrogen) atoms. The van der Waals surface area contributed by atoms with Crippen LogP contribution in [0, 0.1) is 6.92 Å². The summed E-state index contributed by atoms with van der Waals surface area (Å²) in [7, 11) is 0. The third-order valence-corrected chi connectivity index (χ3v) is 4.95. The van der Waals surface area contributed by atoms with E-state index in [0.29, 0.717) is 0 Å². The average molecular weight is 315 g/mol. The van der Waals surface area contributed by atoms with E-state index >= 15 is 0 Å². The average Bonchev–Trinajstić information content (AvgIpc) is 2.94. The SMILES string of the molecule is Cc1ncc(C(=O)N2CCN(Cc3ccccc3)CC2C)s1. The molecule has 0 radical (unpaired) electrons. The van der Waals surface area contributed by atoms with Crippen molar-refractivity contribution < 1.29 is 4.79 Å². The van der Waals surface area contributed by atoms with Crippen LogP contribution in [0.2, 0.25) is 0 Å². The molecule has 1 aromatic heterocycles. The monoisotopic (exact) mass is 315 g/mol. The van der Waals surface area contributed by atoms with Crippen molar-refractivity contribution in [2.75, 3.05) is 19.6 Å². The van der Waals surface area contributed by atoms with E-state index in [2.05, 4.69) is 41.1 Å². The zero-order valence-corrected chi connectivity index (χ0v) is 13.8. The number of carbonyl (C=O) groups is 1. The van der Waals surface area contributed by atoms with Gasteiger partial charge in [-0.3, -0.25) is 9.69 Å². The quantitative estimate of drug-likeness (QED) is 0.874. The molecule has 0 bridgehead atoms. The first-order chi connectivity index (χ1) is 10.6. The maximum atomic E-state index is 12.6. The number of hydrogen-bond acceptors (Lipinski definition) is 4. The number of amides is 1. The summed E-state index contributed by atoms with van der Waals surface area (Å²) >= 11 is 1.48. The molecule has 0 aliphatic carbocycles. The molecule has 0 saturated carbocycles. The number of nitrogens with zero attached hydrogens (tertiary/aromatic N) is 3. The number of aryl methyl sites for hydroxylation is 1. The summed E-state index contributed by atoms with van der Waals surface area (Å²) in [6.07, 6.45) is 1.70. The number of piperazine rings is 1. The minimum atomic E-state index is 0.123. The maximum Gasteiger partial charge on any atom is 0.265 e. The van der Waals surface area contributed by atoms with Crippen molar-refractivity contribution in [1.82, 2.24) is 14.8 Å². The molecule has 0 spiro atoms. The number of benzene rings is 1. The Morgan fingerprint density at radius 1 is 1.32 bits per heavy atom. The summed E-state index contributed by atoms with van der Waals surface area (Å²) in [5.74, 6) is 0.123. The van der Waals surface area contributed by atoms with Gasteiger partial charge in [0.15, 0.2) is 0 Å². The zero-order valence-electron chi connectivity index (χ0n) is 13.0. The first kappa shape index (κ1) is 15.2. The summed E-state index contributed by atoms with van der Waals surface area (Å²) in [5, 5.41) is 0.943. The van der Waals surface area contributed by atoms with Crippen LogP contribution in [0.4, 0.5) is 0 Å². The highest BCUT2D eigenvalue weighted by molar-refractivity contribution is 7.13. The molecule has 1 aromatic carbocycles. The van der Waals surface area contributed by atoms with Gasteiger partial charge in [0.1, 0.15) is 4.88 Å². The van der Waals surface area contributed by atoms with Crippen LogP contribution in [0.5, 0.6) is 0 Å². The fourth-order valence-corrected chi connectivity index (χ4v) is 3.66. The van der Waals surface area contributed by atoms with Crippen molar-refractivity contribution in [2.24, 2.45) is 0 Å². The second kappa shape index (κ2) is 6.58. The summed E-state index contributed by atoms with van der Waals surface area (Å²) in [5.41, 5.74) is 1.33. The summed E-state index contributed by atoms with van der Waals surface area (Å²) in [4.78, 5) is 21.9. The molecule has 4 nitrogen and oxygen atoms in total. The predicted octanol–water partition coefficient (Wildman–Crippen LogP) is 2.80. The highest BCUT2D eigenvalue weighted by atomic mass is 32.1. The van der Waals surface area contributed by atoms with E-state index in [1.807, 2.05) is 17.9 Å². The lowest BCUT2D eigenvalue weighted by Gasteiger charge is -2.39. The molecule has 1 aliphatic rings. The van der Waals surface area contributed by atoms with Crippen LogP contribution in [-0.4, -0.2) is 46.4 Å². The molecule has 2 heterocycles. The number of carbonyl (C=O) groups excluding carboxylic acids is 1. The van der Waals surface area contributed by atoms with Crippen molar-refractivity contribution in [1.29, 1.82) is 0 Å². The molecule has 1 aliphatic heterocycles. The van der Waals surface area contributed by atoms with Gasteiger partial charge >= 0.3 is 0 Å². The number of hydrogen-bond donors (Lipinski definition) is 0. The van der Waals surface area contributed by atoms with Crippen molar-refractivity contribution >= 4 is 17.2 Å². The molecule has 3 rings (SSSR count). The Kier molecular flexibility index (Phi) is 4.55. The van der Waals surface area contributed by atoms with Crippen molar-refractivity contribution in [3.63, 3.8) is 0 Å². The Morgan fingerprint density at radius 2 is 2.09 bits per heavy atom. The first-order valence-corrected chi connectivity index (χ1v) is 8.45. The van der Waals surface area contributed by atoms with E-state index < -0.39 is 0 Å². The van der Waals surface area contributed by atoms with E-state index in [1.165, 1.54) is 16.9 Å². The van der Waals surface area contributed by atoms with E-state index in [-0.39, 0.29) is 11.9 Å². The van der Waals surface area contributed by atoms with E-state index in [1.54, 1.807) is 6.20 Å². The van der Waals surface area contributed by atoms with Crippen LogP contribution in [0.1, 0.15) is 27.2 Å². The Balaban J connectivity index is 1.61. The second-order valence-electron chi connectivity index (χ2n) is 5.81. The fraction of sp³-hybridized carbons (Fsp3) is 0.412. The topological polar surface area (TPSA) is 36.4 Å². The molecular weight excluding hydrogens is 294 g/mol. The smallest absolute Gasteiger partial charge is 0.265 e. The minimum absolute atomic E-state index is 0.123. The van der Waals surface area contributed by atoms with Gasteiger partial charge in [0.25, 0.3) is 5.91 Å². The largest absolute Gasteiger partial charge is 0.333 e. The van der Waals surface area contributed by atoms with Gasteiger partial charge in [0, 0.05) is 32.2 Å². The second-order valence-corrected chi connectivity index (χ2v) is 7.05. The molecule has 1 atom stereocenters. The molecule has 0 N–H and O–H groups in total. The van der Waals surface area contributed by atoms with Crippen molar-refractivity contribution in [3.8, 4) is 0 Å². The van der Waals surface area contributed by atoms with Crippen LogP contribution in [0.25, 0.3) is 0 Å². The number of thiazole rings is 1. The summed E-state index contributed by atoms with van der Waals surface area (Å²) < 4.78 is 0. The van der Waals surface area contributed by atoms with Crippen LogP contribution < -0.4 is 0 Å². The normalized spacial score (nSPS) is 19.4. The van der Waals surface area contributed by atoms with E-state index in [9.17, 15) is 4.79 Å². The zero-order chi connectivity index (χ0) is 15.5. The molecule has 1 saturated heterocycles. The lowest BCUT2D eigenvalue weighted by molar-refractivity contribution is 0.0480. The number of rotatable bonds is 3. The van der Waals surface area contributed by atoms with Gasteiger partial charge in [-0.2, -0.15) is 0 Å². The summed E-state index contributed by atoms with van der Waals surface area (Å²) in [6.45, 7) is 7.63. The van der Waals surface area contributed by atoms with Gasteiger partial charge in [0.2, 0.25) is 0 Å². The van der Waals surface area contributed by atoms with Crippen LogP contribution in [0.3, 0.4) is 0 Å². The highest BCUT2D eigenvalue weighted by Gasteiger charge is 2.28. The van der Waals surface area contributed by atoms with Crippen LogP contribution >= 0.6 is 11.3 Å².